The van der Waals surface area contributed by atoms with Crippen LogP contribution in [0.2, 0.25) is 0 Å². The number of carbonyl (C=O) groups excluding carboxylic acids is 1. The molecular formula is C24H27FN2O6S2. The topological polar surface area (TPSA) is 98.1 Å². The van der Waals surface area contributed by atoms with Gasteiger partial charge < -0.3 is 19.2 Å². The molecule has 0 bridgehead atoms. The molecule has 11 heteroatoms. The van der Waals surface area contributed by atoms with Crippen LogP contribution >= 0.6 is 11.8 Å². The van der Waals surface area contributed by atoms with E-state index in [-0.39, 0.29) is 16.3 Å². The number of rotatable bonds is 13. The predicted molar refractivity (Wildman–Crippen MR) is 133 cm³/mol. The smallest absolute Gasteiger partial charge is 0.265 e. The van der Waals surface area contributed by atoms with Gasteiger partial charge >= 0.3 is 0 Å². The molecule has 0 unspecified atom stereocenters. The first-order valence-electron chi connectivity index (χ1n) is 10.7. The molecule has 0 radical (unpaired) electrons. The molecule has 0 aliphatic carbocycles. The molecule has 0 aliphatic heterocycles. The van der Waals surface area contributed by atoms with E-state index in [2.05, 4.69) is 5.32 Å². The van der Waals surface area contributed by atoms with E-state index in [1.165, 1.54) is 50.6 Å². The van der Waals surface area contributed by atoms with E-state index < -0.39 is 28.3 Å². The highest BCUT2D eigenvalue weighted by Crippen LogP contribution is 2.32. The Bertz CT molecular complexity index is 1220. The Hall–Kier alpha value is -3.18. The number of furan rings is 1. The summed E-state index contributed by atoms with van der Waals surface area (Å²) in [6.45, 7) is -0.233. The first-order valence-corrected chi connectivity index (χ1v) is 13.3. The lowest BCUT2D eigenvalue weighted by molar-refractivity contribution is -0.119. The molecule has 2 aromatic carbocycles. The zero-order valence-electron chi connectivity index (χ0n) is 19.4. The first kappa shape index (κ1) is 26.4. The minimum atomic E-state index is -4.31. The van der Waals surface area contributed by atoms with Crippen molar-refractivity contribution in [2.24, 2.45) is 0 Å². The second kappa shape index (κ2) is 12.5. The summed E-state index contributed by atoms with van der Waals surface area (Å²) in [5.74, 6) is 1.60. The first-order chi connectivity index (χ1) is 16.9. The average Bonchev–Trinajstić information content (AvgIpc) is 3.38. The monoisotopic (exact) mass is 522 g/mol. The Morgan fingerprint density at radius 3 is 2.54 bits per heavy atom. The molecule has 188 valence electrons. The number of para-hydroxylation sites is 1. The van der Waals surface area contributed by atoms with Gasteiger partial charge in [-0.2, -0.15) is 11.8 Å². The lowest BCUT2D eigenvalue weighted by Crippen LogP contribution is -2.41. The highest BCUT2D eigenvalue weighted by atomic mass is 32.2. The van der Waals surface area contributed by atoms with E-state index in [1.807, 2.05) is 12.1 Å². The number of ether oxygens (including phenoxy) is 2. The van der Waals surface area contributed by atoms with Crippen LogP contribution < -0.4 is 19.1 Å². The minimum absolute atomic E-state index is 0.166. The van der Waals surface area contributed by atoms with Crippen molar-refractivity contribution in [2.45, 2.75) is 17.1 Å². The largest absolute Gasteiger partial charge is 0.493 e. The summed E-state index contributed by atoms with van der Waals surface area (Å²) in [5, 5.41) is 2.71. The van der Waals surface area contributed by atoms with Gasteiger partial charge in [-0.25, -0.2) is 12.8 Å². The number of hydrogen-bond acceptors (Lipinski definition) is 7. The molecule has 35 heavy (non-hydrogen) atoms. The maximum atomic E-state index is 14.6. The van der Waals surface area contributed by atoms with Crippen LogP contribution in [0.1, 0.15) is 12.2 Å². The Balaban J connectivity index is 1.70. The summed E-state index contributed by atoms with van der Waals surface area (Å²) in [6, 6.07) is 13.1. The number of sulfonamides is 1. The van der Waals surface area contributed by atoms with Crippen molar-refractivity contribution in [3.63, 3.8) is 0 Å². The van der Waals surface area contributed by atoms with Crippen LogP contribution in [0.5, 0.6) is 11.5 Å². The van der Waals surface area contributed by atoms with Gasteiger partial charge in [-0.15, -0.1) is 0 Å². The van der Waals surface area contributed by atoms with Gasteiger partial charge in [0.25, 0.3) is 10.0 Å². The third-order valence-electron chi connectivity index (χ3n) is 4.96. The Morgan fingerprint density at radius 1 is 1.09 bits per heavy atom. The zero-order chi connectivity index (χ0) is 25.3. The van der Waals surface area contributed by atoms with Gasteiger partial charge in [0.2, 0.25) is 5.91 Å². The molecule has 0 saturated carbocycles. The van der Waals surface area contributed by atoms with E-state index in [1.54, 1.807) is 18.0 Å². The van der Waals surface area contributed by atoms with Gasteiger partial charge in [-0.3, -0.25) is 9.10 Å². The van der Waals surface area contributed by atoms with Crippen molar-refractivity contribution in [3.05, 3.63) is 72.4 Å². The van der Waals surface area contributed by atoms with Crippen LogP contribution in [0, 0.1) is 5.82 Å². The van der Waals surface area contributed by atoms with Gasteiger partial charge in [0.1, 0.15) is 18.1 Å². The molecular weight excluding hydrogens is 495 g/mol. The highest BCUT2D eigenvalue weighted by molar-refractivity contribution is 7.98. The van der Waals surface area contributed by atoms with Crippen LogP contribution in [0.3, 0.4) is 0 Å². The quantitative estimate of drug-likeness (QED) is 0.338. The van der Waals surface area contributed by atoms with Crippen LogP contribution in [-0.2, 0) is 20.6 Å². The standard InChI is InChI=1S/C24H27FN2O6S2/c1-31-22-11-10-19(15-23(22)32-2)35(29,30)27(21-9-4-3-8-20(21)25)16-24(28)26-12-6-14-34-17-18-7-5-13-33-18/h3-5,7-11,13,15H,6,12,14,16-17H2,1-2H3,(H,26,28). The summed E-state index contributed by atoms with van der Waals surface area (Å²) >= 11 is 1.66. The number of nitrogens with zero attached hydrogens (tertiary/aromatic N) is 1. The average molecular weight is 523 g/mol. The van der Waals surface area contributed by atoms with Gasteiger partial charge in [0.15, 0.2) is 11.5 Å². The fraction of sp³-hybridized carbons (Fsp3) is 0.292. The van der Waals surface area contributed by atoms with Crippen molar-refractivity contribution in [3.8, 4) is 11.5 Å². The number of benzene rings is 2. The SMILES string of the molecule is COc1ccc(S(=O)(=O)N(CC(=O)NCCCSCc2ccco2)c2ccccc2F)cc1OC. The van der Waals surface area contributed by atoms with E-state index >= 15 is 0 Å². The summed E-state index contributed by atoms with van der Waals surface area (Å²) in [4.78, 5) is 12.5. The molecule has 1 heterocycles. The lowest BCUT2D eigenvalue weighted by Gasteiger charge is -2.25. The van der Waals surface area contributed by atoms with Crippen LogP contribution in [0.25, 0.3) is 0 Å². The summed E-state index contributed by atoms with van der Waals surface area (Å²) in [5.41, 5.74) is -0.230. The maximum absolute atomic E-state index is 14.6. The van der Waals surface area contributed by atoms with Crippen LogP contribution in [0.15, 0.2) is 70.2 Å². The van der Waals surface area contributed by atoms with Crippen molar-refractivity contribution < 1.29 is 31.5 Å². The molecule has 0 fully saturated rings. The predicted octanol–water partition coefficient (Wildman–Crippen LogP) is 4.07. The fourth-order valence-electron chi connectivity index (χ4n) is 3.21. The van der Waals surface area contributed by atoms with Crippen molar-refractivity contribution in [1.29, 1.82) is 0 Å². The zero-order valence-corrected chi connectivity index (χ0v) is 21.0. The Kier molecular flexibility index (Phi) is 9.44. The van der Waals surface area contributed by atoms with Gasteiger partial charge in [0.05, 0.1) is 36.8 Å². The number of nitrogens with one attached hydrogen (secondary N) is 1. The molecule has 1 amide bonds. The van der Waals surface area contributed by atoms with E-state index in [0.717, 1.165) is 27.6 Å². The highest BCUT2D eigenvalue weighted by Gasteiger charge is 2.30. The number of amides is 1. The Morgan fingerprint density at radius 2 is 1.86 bits per heavy atom. The number of hydrogen-bond donors (Lipinski definition) is 1. The normalized spacial score (nSPS) is 11.2. The Labute approximate surface area is 208 Å². The molecule has 1 N–H and O–H groups in total. The number of carbonyl (C=O) groups is 1. The van der Waals surface area contributed by atoms with Crippen LogP contribution in [-0.4, -0.2) is 47.4 Å². The minimum Gasteiger partial charge on any atom is -0.493 e. The summed E-state index contributed by atoms with van der Waals surface area (Å²) in [6.07, 6.45) is 2.30. The van der Waals surface area contributed by atoms with Crippen molar-refractivity contribution in [1.82, 2.24) is 5.32 Å². The molecule has 1 aromatic heterocycles. The lowest BCUT2D eigenvalue weighted by atomic mass is 10.3. The van der Waals surface area contributed by atoms with Crippen LogP contribution in [0.4, 0.5) is 10.1 Å². The van der Waals surface area contributed by atoms with E-state index in [0.29, 0.717) is 18.7 Å². The fourth-order valence-corrected chi connectivity index (χ4v) is 5.52. The third kappa shape index (κ3) is 6.92. The molecule has 8 nitrogen and oxygen atoms in total. The number of halogens is 1. The van der Waals surface area contributed by atoms with E-state index in [4.69, 9.17) is 13.9 Å². The number of anilines is 1. The van der Waals surface area contributed by atoms with Gasteiger partial charge in [0, 0.05) is 12.6 Å². The summed E-state index contributed by atoms with van der Waals surface area (Å²) < 4.78 is 58.0. The van der Waals surface area contributed by atoms with Crippen molar-refractivity contribution in [2.75, 3.05) is 37.4 Å². The molecule has 3 aromatic rings. The second-order valence-corrected chi connectivity index (χ2v) is 10.3. The second-order valence-electron chi connectivity index (χ2n) is 7.32. The number of thioether (sulfide) groups is 1. The number of methoxy groups -OCH3 is 2. The van der Waals surface area contributed by atoms with E-state index in [9.17, 15) is 17.6 Å². The van der Waals surface area contributed by atoms with Gasteiger partial charge in [-0.05, 0) is 48.6 Å². The van der Waals surface area contributed by atoms with Crippen molar-refractivity contribution >= 4 is 33.4 Å². The summed E-state index contributed by atoms with van der Waals surface area (Å²) in [7, 11) is -1.50. The maximum Gasteiger partial charge on any atom is 0.265 e. The molecule has 0 atom stereocenters. The molecule has 3 rings (SSSR count). The third-order valence-corrected chi connectivity index (χ3v) is 7.79. The molecule has 0 spiro atoms. The molecule has 0 aliphatic rings. The molecule has 0 saturated heterocycles. The van der Waals surface area contributed by atoms with Gasteiger partial charge in [-0.1, -0.05) is 12.1 Å².